The summed E-state index contributed by atoms with van der Waals surface area (Å²) in [5.41, 5.74) is 0.147. The van der Waals surface area contributed by atoms with E-state index in [0.717, 1.165) is 6.07 Å². The van der Waals surface area contributed by atoms with E-state index in [1.165, 1.54) is 24.9 Å². The molecule has 0 amide bonds. The molecule has 0 saturated carbocycles. The highest BCUT2D eigenvalue weighted by atomic mass is 35.7. The van der Waals surface area contributed by atoms with E-state index >= 15 is 0 Å². The lowest BCUT2D eigenvalue weighted by molar-refractivity contribution is 0.0600. The first-order chi connectivity index (χ1) is 6.36. The Morgan fingerprint density at radius 1 is 1.57 bits per heavy atom. The van der Waals surface area contributed by atoms with E-state index in [9.17, 15) is 13.2 Å². The average Bonchev–Trinajstić information content (AvgIpc) is 2.45. The number of methoxy groups -OCH3 is 1. The number of aromatic nitrogens is 1. The van der Waals surface area contributed by atoms with Gasteiger partial charge < -0.3 is 9.30 Å². The Hall–Kier alpha value is -1.01. The van der Waals surface area contributed by atoms with Crippen molar-refractivity contribution in [3.05, 3.63) is 17.8 Å². The van der Waals surface area contributed by atoms with Crippen molar-refractivity contribution < 1.29 is 17.9 Å². The molecule has 78 valence electrons. The predicted octanol–water partition coefficient (Wildman–Crippen LogP) is 0.739. The van der Waals surface area contributed by atoms with Crippen molar-refractivity contribution in [2.45, 2.75) is 5.03 Å². The molecule has 0 aromatic carbocycles. The summed E-state index contributed by atoms with van der Waals surface area (Å²) in [5.74, 6) is -0.604. The molecular formula is C7H8ClNO4S. The molecule has 1 heterocycles. The molecule has 14 heavy (non-hydrogen) atoms. The minimum absolute atomic E-state index is 0.139. The van der Waals surface area contributed by atoms with E-state index in [1.807, 2.05) is 0 Å². The summed E-state index contributed by atoms with van der Waals surface area (Å²) in [4.78, 5) is 11.0. The second-order valence-corrected chi connectivity index (χ2v) is 5.12. The van der Waals surface area contributed by atoms with Crippen LogP contribution in [-0.4, -0.2) is 26.1 Å². The Morgan fingerprint density at radius 3 is 2.50 bits per heavy atom. The van der Waals surface area contributed by atoms with Gasteiger partial charge in [-0.3, -0.25) is 0 Å². The lowest BCUT2D eigenvalue weighted by Crippen LogP contribution is -1.98. The topological polar surface area (TPSA) is 65.4 Å². The highest BCUT2D eigenvalue weighted by Crippen LogP contribution is 2.17. The normalized spacial score (nSPS) is 11.4. The number of esters is 1. The Kier molecular flexibility index (Phi) is 2.86. The van der Waals surface area contributed by atoms with Crippen molar-refractivity contribution in [2.75, 3.05) is 7.11 Å². The maximum Gasteiger partial charge on any atom is 0.339 e. The molecule has 1 rings (SSSR count). The van der Waals surface area contributed by atoms with Gasteiger partial charge in [0, 0.05) is 23.9 Å². The van der Waals surface area contributed by atoms with Gasteiger partial charge in [-0.2, -0.15) is 0 Å². The predicted molar refractivity (Wildman–Crippen MR) is 49.8 cm³/mol. The van der Waals surface area contributed by atoms with Crippen LogP contribution in [0.1, 0.15) is 10.4 Å². The van der Waals surface area contributed by atoms with Crippen LogP contribution in [0.5, 0.6) is 0 Å². The van der Waals surface area contributed by atoms with Crippen molar-refractivity contribution in [3.63, 3.8) is 0 Å². The van der Waals surface area contributed by atoms with Gasteiger partial charge in [0.15, 0.2) is 5.03 Å². The number of ether oxygens (including phenoxy) is 1. The molecule has 0 aliphatic carbocycles. The first kappa shape index (κ1) is 11.1. The smallest absolute Gasteiger partial charge is 0.339 e. The summed E-state index contributed by atoms with van der Waals surface area (Å²) in [7, 11) is 3.98. The van der Waals surface area contributed by atoms with Crippen LogP contribution in [0, 0.1) is 0 Å². The SMILES string of the molecule is COC(=O)c1cc(S(=O)(=O)Cl)n(C)c1. The Balaban J connectivity index is 3.25. The molecule has 0 saturated heterocycles. The zero-order chi connectivity index (χ0) is 10.9. The summed E-state index contributed by atoms with van der Waals surface area (Å²) in [5, 5.41) is -0.139. The van der Waals surface area contributed by atoms with Crippen LogP contribution >= 0.6 is 10.7 Å². The average molecular weight is 238 g/mol. The number of rotatable bonds is 2. The molecule has 0 N–H and O–H groups in total. The van der Waals surface area contributed by atoms with Crippen molar-refractivity contribution in [3.8, 4) is 0 Å². The lowest BCUT2D eigenvalue weighted by Gasteiger charge is -1.95. The zero-order valence-corrected chi connectivity index (χ0v) is 9.09. The second-order valence-electron chi connectivity index (χ2n) is 2.61. The number of hydrogen-bond acceptors (Lipinski definition) is 4. The standard InChI is InChI=1S/C7H8ClNO4S/c1-9-4-5(7(10)13-2)3-6(9)14(8,11)12/h3-4H,1-2H3. The second kappa shape index (κ2) is 3.62. The molecule has 0 spiro atoms. The van der Waals surface area contributed by atoms with Crippen LogP contribution in [0.3, 0.4) is 0 Å². The van der Waals surface area contributed by atoms with Crippen LogP contribution < -0.4 is 0 Å². The summed E-state index contributed by atoms with van der Waals surface area (Å²) >= 11 is 0. The van der Waals surface area contributed by atoms with Crippen molar-refractivity contribution in [2.24, 2.45) is 7.05 Å². The van der Waals surface area contributed by atoms with Gasteiger partial charge >= 0.3 is 5.97 Å². The fourth-order valence-corrected chi connectivity index (χ4v) is 2.14. The van der Waals surface area contributed by atoms with E-state index in [-0.39, 0.29) is 10.6 Å². The van der Waals surface area contributed by atoms with E-state index in [1.54, 1.807) is 0 Å². The van der Waals surface area contributed by atoms with Gasteiger partial charge in [0.05, 0.1) is 12.7 Å². The first-order valence-corrected chi connectivity index (χ1v) is 5.86. The Bertz CT molecular complexity index is 462. The molecule has 0 unspecified atom stereocenters. The molecule has 5 nitrogen and oxygen atoms in total. The fourth-order valence-electron chi connectivity index (χ4n) is 1.02. The molecular weight excluding hydrogens is 230 g/mol. The van der Waals surface area contributed by atoms with Crippen LogP contribution in [-0.2, 0) is 20.8 Å². The third-order valence-electron chi connectivity index (χ3n) is 1.63. The van der Waals surface area contributed by atoms with Crippen molar-refractivity contribution >= 4 is 25.7 Å². The minimum atomic E-state index is -3.83. The minimum Gasteiger partial charge on any atom is -0.465 e. The molecule has 1 aromatic rings. The third kappa shape index (κ3) is 2.08. The number of aryl methyl sites for hydroxylation is 1. The summed E-state index contributed by atoms with van der Waals surface area (Å²) < 4.78 is 27.6. The Labute approximate surface area is 85.7 Å². The van der Waals surface area contributed by atoms with Gasteiger partial charge in [-0.15, -0.1) is 0 Å². The number of carbonyl (C=O) groups excluding carboxylic acids is 1. The summed E-state index contributed by atoms with van der Waals surface area (Å²) in [6.45, 7) is 0. The van der Waals surface area contributed by atoms with Crippen molar-refractivity contribution in [1.29, 1.82) is 0 Å². The van der Waals surface area contributed by atoms with Crippen molar-refractivity contribution in [1.82, 2.24) is 4.57 Å². The van der Waals surface area contributed by atoms with Gasteiger partial charge in [0.2, 0.25) is 0 Å². The van der Waals surface area contributed by atoms with E-state index in [2.05, 4.69) is 4.74 Å². The van der Waals surface area contributed by atoms with Crippen LogP contribution in [0.15, 0.2) is 17.3 Å². The van der Waals surface area contributed by atoms with Crippen LogP contribution in [0.4, 0.5) is 0 Å². The monoisotopic (exact) mass is 237 g/mol. The first-order valence-electron chi connectivity index (χ1n) is 3.55. The highest BCUT2D eigenvalue weighted by Gasteiger charge is 2.18. The largest absolute Gasteiger partial charge is 0.465 e. The quantitative estimate of drug-likeness (QED) is 0.562. The van der Waals surface area contributed by atoms with Crippen LogP contribution in [0.2, 0.25) is 0 Å². The van der Waals surface area contributed by atoms with Gasteiger partial charge in [-0.25, -0.2) is 13.2 Å². The highest BCUT2D eigenvalue weighted by molar-refractivity contribution is 8.13. The maximum atomic E-state index is 11.0. The zero-order valence-electron chi connectivity index (χ0n) is 7.52. The molecule has 1 aromatic heterocycles. The van der Waals surface area contributed by atoms with E-state index in [0.29, 0.717) is 0 Å². The molecule has 0 aliphatic rings. The third-order valence-corrected chi connectivity index (χ3v) is 3.01. The fraction of sp³-hybridized carbons (Fsp3) is 0.286. The number of nitrogens with zero attached hydrogens (tertiary/aromatic N) is 1. The number of hydrogen-bond donors (Lipinski definition) is 0. The van der Waals surface area contributed by atoms with Crippen LogP contribution in [0.25, 0.3) is 0 Å². The molecule has 7 heteroatoms. The Morgan fingerprint density at radius 2 is 2.14 bits per heavy atom. The molecule has 0 radical (unpaired) electrons. The van der Waals surface area contributed by atoms with E-state index < -0.39 is 15.0 Å². The van der Waals surface area contributed by atoms with Gasteiger partial charge in [0.25, 0.3) is 9.05 Å². The molecule has 0 aliphatic heterocycles. The van der Waals surface area contributed by atoms with Gasteiger partial charge in [0.1, 0.15) is 0 Å². The maximum absolute atomic E-state index is 11.0. The summed E-state index contributed by atoms with van der Waals surface area (Å²) in [6, 6.07) is 1.16. The summed E-state index contributed by atoms with van der Waals surface area (Å²) in [6.07, 6.45) is 1.33. The molecule has 0 fully saturated rings. The van der Waals surface area contributed by atoms with Gasteiger partial charge in [-0.05, 0) is 6.07 Å². The van der Waals surface area contributed by atoms with Gasteiger partial charge in [-0.1, -0.05) is 0 Å². The molecule has 0 bridgehead atoms. The molecule has 0 atom stereocenters. The number of carbonyl (C=O) groups is 1. The van der Waals surface area contributed by atoms with E-state index in [4.69, 9.17) is 10.7 Å². The number of halogens is 1. The lowest BCUT2D eigenvalue weighted by atomic mass is 10.3.